The number of halogens is 1. The Morgan fingerprint density at radius 1 is 1.30 bits per heavy atom. The third-order valence-electron chi connectivity index (χ3n) is 6.59. The normalized spacial score (nSPS) is 16.6. The molecule has 4 aromatic rings. The zero-order valence-electron chi connectivity index (χ0n) is 20.1. The summed E-state index contributed by atoms with van der Waals surface area (Å²) < 4.78 is 0. The van der Waals surface area contributed by atoms with Crippen molar-refractivity contribution in [2.45, 2.75) is 19.1 Å². The molecule has 10 nitrogen and oxygen atoms in total. The van der Waals surface area contributed by atoms with Gasteiger partial charge < -0.3 is 30.8 Å². The van der Waals surface area contributed by atoms with Crippen LogP contribution in [-0.2, 0) is 0 Å². The monoisotopic (exact) mass is 522 g/mol. The van der Waals surface area contributed by atoms with E-state index < -0.39 is 12.2 Å². The number of nitrogens with zero attached hydrogens (tertiary/aromatic N) is 2. The smallest absolute Gasteiger partial charge is 0.407 e. The molecule has 0 bridgehead atoms. The lowest BCUT2D eigenvalue weighted by Gasteiger charge is -2.34. The van der Waals surface area contributed by atoms with Crippen molar-refractivity contribution < 1.29 is 15.0 Å². The van der Waals surface area contributed by atoms with Crippen molar-refractivity contribution in [2.24, 2.45) is 0 Å². The van der Waals surface area contributed by atoms with Crippen LogP contribution in [-0.4, -0.2) is 62.3 Å². The molecule has 3 heterocycles. The second kappa shape index (κ2) is 10.3. The fraction of sp³-hybridized carbons (Fsp3) is 0.269. The van der Waals surface area contributed by atoms with Gasteiger partial charge in [0.15, 0.2) is 0 Å². The molecule has 5 rings (SSSR count). The fourth-order valence-corrected chi connectivity index (χ4v) is 4.96. The van der Waals surface area contributed by atoms with E-state index in [1.54, 1.807) is 30.3 Å². The maximum Gasteiger partial charge on any atom is 0.407 e. The first-order valence-electron chi connectivity index (χ1n) is 11.9. The summed E-state index contributed by atoms with van der Waals surface area (Å²) in [6.07, 6.45) is -0.267. The fourth-order valence-electron chi connectivity index (χ4n) is 4.76. The Bertz CT molecular complexity index is 1520. The van der Waals surface area contributed by atoms with Gasteiger partial charge in [0.05, 0.1) is 28.9 Å². The number of benzene rings is 2. The molecule has 192 valence electrons. The Hall–Kier alpha value is -3.86. The number of aliphatic hydroxyl groups excluding tert-OH is 1. The Labute approximate surface area is 217 Å². The van der Waals surface area contributed by atoms with E-state index in [4.69, 9.17) is 16.6 Å². The molecule has 2 atom stereocenters. The first-order valence-corrected chi connectivity index (χ1v) is 12.3. The highest BCUT2D eigenvalue weighted by molar-refractivity contribution is 6.30. The summed E-state index contributed by atoms with van der Waals surface area (Å²) in [4.78, 5) is 36.7. The van der Waals surface area contributed by atoms with Crippen molar-refractivity contribution in [1.82, 2.24) is 25.2 Å². The van der Waals surface area contributed by atoms with Gasteiger partial charge in [-0.1, -0.05) is 29.8 Å². The molecule has 2 unspecified atom stereocenters. The van der Waals surface area contributed by atoms with Gasteiger partial charge in [0.1, 0.15) is 11.4 Å². The molecule has 1 amide bonds. The number of aromatic amines is 2. The van der Waals surface area contributed by atoms with Crippen molar-refractivity contribution in [2.75, 3.05) is 31.5 Å². The number of amides is 1. The van der Waals surface area contributed by atoms with Crippen molar-refractivity contribution in [3.63, 3.8) is 0 Å². The summed E-state index contributed by atoms with van der Waals surface area (Å²) in [5, 5.41) is 27.2. The lowest BCUT2D eigenvalue weighted by atomic mass is 10.0. The number of H-pyrrole nitrogens is 2. The zero-order chi connectivity index (χ0) is 26.1. The molecule has 1 aliphatic rings. The molecule has 0 spiro atoms. The van der Waals surface area contributed by atoms with Gasteiger partial charge in [0.2, 0.25) is 0 Å². The van der Waals surface area contributed by atoms with Crippen LogP contribution < -0.4 is 16.2 Å². The molecular formula is C26H27ClN6O4. The molecule has 0 aliphatic carbocycles. The molecular weight excluding hydrogens is 496 g/mol. The average Bonchev–Trinajstić information content (AvgIpc) is 3.31. The first-order chi connectivity index (χ1) is 17.8. The van der Waals surface area contributed by atoms with E-state index in [1.807, 2.05) is 19.1 Å². The van der Waals surface area contributed by atoms with E-state index in [0.29, 0.717) is 58.3 Å². The van der Waals surface area contributed by atoms with Gasteiger partial charge in [0, 0.05) is 37.4 Å². The second-order valence-electron chi connectivity index (χ2n) is 9.06. The van der Waals surface area contributed by atoms with Gasteiger partial charge in [-0.3, -0.25) is 9.69 Å². The van der Waals surface area contributed by atoms with E-state index in [9.17, 15) is 19.8 Å². The number of aliphatic hydroxyl groups is 1. The van der Waals surface area contributed by atoms with Crippen LogP contribution >= 0.6 is 11.6 Å². The van der Waals surface area contributed by atoms with Gasteiger partial charge in [-0.2, -0.15) is 0 Å². The minimum absolute atomic E-state index is 0.153. The standard InChI is InChI=1S/C26H27ClN6O4/c1-14-9-16(20-12-28-7-8-33(20)26(36)37)11-19-23(14)32-24(31-19)22-18(5-6-29-25(22)35)30-13-21(34)15-3-2-4-17(27)10-15/h2-6,9-11,20-21,28,34H,7-8,12-13H2,1H3,(H,31,32)(H,36,37)(H2,29,30,35). The number of hydrogen-bond acceptors (Lipinski definition) is 6. The molecule has 0 saturated carbocycles. The lowest BCUT2D eigenvalue weighted by molar-refractivity contribution is 0.112. The minimum Gasteiger partial charge on any atom is -0.465 e. The molecule has 1 fully saturated rings. The Morgan fingerprint density at radius 2 is 2.14 bits per heavy atom. The Kier molecular flexibility index (Phi) is 6.88. The molecule has 37 heavy (non-hydrogen) atoms. The number of nitrogens with one attached hydrogen (secondary N) is 4. The van der Waals surface area contributed by atoms with Crippen LogP contribution in [0.15, 0.2) is 53.5 Å². The zero-order valence-corrected chi connectivity index (χ0v) is 20.8. The second-order valence-corrected chi connectivity index (χ2v) is 9.50. The summed E-state index contributed by atoms with van der Waals surface area (Å²) in [5.41, 5.74) is 4.24. The number of aryl methyl sites for hydroxylation is 1. The van der Waals surface area contributed by atoms with Crippen molar-refractivity contribution >= 4 is 34.4 Å². The SMILES string of the molecule is Cc1cc(C2CNCCN2C(=O)O)cc2[nH]c(-c3c(NCC(O)c4cccc(Cl)c4)cc[nH]c3=O)nc12. The number of anilines is 1. The molecule has 1 aliphatic heterocycles. The molecule has 2 aromatic carbocycles. The van der Waals surface area contributed by atoms with E-state index in [1.165, 1.54) is 11.1 Å². The summed E-state index contributed by atoms with van der Waals surface area (Å²) in [6.45, 7) is 3.59. The van der Waals surface area contributed by atoms with Crippen LogP contribution in [0.1, 0.15) is 28.8 Å². The first kappa shape index (κ1) is 24.8. The Balaban J connectivity index is 1.47. The van der Waals surface area contributed by atoms with Crippen LogP contribution in [0.5, 0.6) is 0 Å². The lowest BCUT2D eigenvalue weighted by Crippen LogP contribution is -2.48. The van der Waals surface area contributed by atoms with E-state index in [-0.39, 0.29) is 18.1 Å². The quantitative estimate of drug-likeness (QED) is 0.226. The highest BCUT2D eigenvalue weighted by atomic mass is 35.5. The van der Waals surface area contributed by atoms with Crippen LogP contribution in [0.3, 0.4) is 0 Å². The highest BCUT2D eigenvalue weighted by Gasteiger charge is 2.28. The van der Waals surface area contributed by atoms with Crippen LogP contribution in [0.25, 0.3) is 22.4 Å². The third-order valence-corrected chi connectivity index (χ3v) is 6.83. The van der Waals surface area contributed by atoms with Gasteiger partial charge in [-0.25, -0.2) is 9.78 Å². The van der Waals surface area contributed by atoms with Crippen molar-refractivity contribution in [1.29, 1.82) is 0 Å². The molecule has 6 N–H and O–H groups in total. The number of fused-ring (bicyclic) bond motifs is 1. The number of pyridine rings is 1. The van der Waals surface area contributed by atoms with Gasteiger partial charge >= 0.3 is 6.09 Å². The van der Waals surface area contributed by atoms with Crippen LogP contribution in [0.2, 0.25) is 5.02 Å². The van der Waals surface area contributed by atoms with E-state index in [2.05, 4.69) is 20.6 Å². The predicted molar refractivity (Wildman–Crippen MR) is 142 cm³/mol. The number of imidazole rings is 1. The number of rotatable bonds is 6. The summed E-state index contributed by atoms with van der Waals surface area (Å²) >= 11 is 6.04. The minimum atomic E-state index is -0.957. The number of carboxylic acid groups (broad SMARTS) is 1. The average molecular weight is 523 g/mol. The van der Waals surface area contributed by atoms with Crippen molar-refractivity contribution in [3.05, 3.63) is 80.7 Å². The van der Waals surface area contributed by atoms with Crippen LogP contribution in [0.4, 0.5) is 10.5 Å². The summed E-state index contributed by atoms with van der Waals surface area (Å²) in [6, 6.07) is 12.2. The number of hydrogen-bond donors (Lipinski definition) is 6. The third kappa shape index (κ3) is 5.04. The van der Waals surface area contributed by atoms with Gasteiger partial charge in [-0.05, 0) is 47.9 Å². The van der Waals surface area contributed by atoms with Crippen LogP contribution in [0, 0.1) is 6.92 Å². The predicted octanol–water partition coefficient (Wildman–Crippen LogP) is 3.65. The summed E-state index contributed by atoms with van der Waals surface area (Å²) in [5.74, 6) is 0.369. The maximum atomic E-state index is 12.9. The number of piperazine rings is 1. The summed E-state index contributed by atoms with van der Waals surface area (Å²) in [7, 11) is 0. The van der Waals surface area contributed by atoms with E-state index >= 15 is 0 Å². The molecule has 0 radical (unpaired) electrons. The topological polar surface area (TPSA) is 146 Å². The number of aromatic nitrogens is 3. The van der Waals surface area contributed by atoms with Crippen molar-refractivity contribution in [3.8, 4) is 11.4 Å². The molecule has 2 aromatic heterocycles. The van der Waals surface area contributed by atoms with Gasteiger partial charge in [0.25, 0.3) is 5.56 Å². The highest BCUT2D eigenvalue weighted by Crippen LogP contribution is 2.31. The maximum absolute atomic E-state index is 12.9. The molecule has 11 heteroatoms. The Morgan fingerprint density at radius 3 is 2.92 bits per heavy atom. The molecule has 1 saturated heterocycles. The van der Waals surface area contributed by atoms with Gasteiger partial charge in [-0.15, -0.1) is 0 Å². The largest absolute Gasteiger partial charge is 0.465 e. The number of carbonyl (C=O) groups is 1. The van der Waals surface area contributed by atoms with E-state index in [0.717, 1.165) is 11.1 Å².